The molecule has 0 bridgehead atoms. The van der Waals surface area contributed by atoms with Gasteiger partial charge in [-0.05, 0) is 24.6 Å². The van der Waals surface area contributed by atoms with Crippen molar-refractivity contribution in [3.8, 4) is 0 Å². The lowest BCUT2D eigenvalue weighted by Gasteiger charge is -2.02. The molecule has 0 saturated carbocycles. The van der Waals surface area contributed by atoms with Gasteiger partial charge in [0.25, 0.3) is 0 Å². The largest absolute Gasteiger partial charge is 0.291 e. The van der Waals surface area contributed by atoms with Crippen LogP contribution in [0, 0.1) is 6.92 Å². The van der Waals surface area contributed by atoms with E-state index in [2.05, 4.69) is 15.9 Å². The zero-order valence-electron chi connectivity index (χ0n) is 7.43. The van der Waals surface area contributed by atoms with Crippen LogP contribution in [0.4, 0.5) is 0 Å². The molecule has 68 valence electrons. The number of hydrogen-bond donors (Lipinski definition) is 0. The zero-order valence-corrected chi connectivity index (χ0v) is 9.01. The van der Waals surface area contributed by atoms with Crippen LogP contribution in [0.25, 0.3) is 0 Å². The highest BCUT2D eigenvalue weighted by Crippen LogP contribution is 2.16. The maximum Gasteiger partial charge on any atom is 0.228 e. The Morgan fingerprint density at radius 2 is 1.92 bits per heavy atom. The molecule has 0 aromatic heterocycles. The van der Waals surface area contributed by atoms with Crippen LogP contribution >= 0.6 is 15.9 Å². The zero-order chi connectivity index (χ0) is 10.0. The minimum atomic E-state index is -0.432. The lowest BCUT2D eigenvalue weighted by Crippen LogP contribution is -2.11. The van der Waals surface area contributed by atoms with Crippen molar-refractivity contribution in [2.45, 2.75) is 13.8 Å². The number of halogens is 1. The van der Waals surface area contributed by atoms with E-state index in [1.165, 1.54) is 6.92 Å². The number of aryl methyl sites for hydroxylation is 1. The molecular formula is C10H9BrO2. The van der Waals surface area contributed by atoms with Crippen LogP contribution in [-0.4, -0.2) is 11.6 Å². The fraction of sp³-hybridized carbons (Fsp3) is 0.200. The van der Waals surface area contributed by atoms with Crippen LogP contribution in [0.5, 0.6) is 0 Å². The van der Waals surface area contributed by atoms with Crippen LogP contribution in [0.3, 0.4) is 0 Å². The summed E-state index contributed by atoms with van der Waals surface area (Å²) in [6.07, 6.45) is 0. The molecule has 1 aromatic carbocycles. The van der Waals surface area contributed by atoms with E-state index in [0.29, 0.717) is 5.56 Å². The average molecular weight is 241 g/mol. The summed E-state index contributed by atoms with van der Waals surface area (Å²) in [6, 6.07) is 5.31. The van der Waals surface area contributed by atoms with E-state index in [4.69, 9.17) is 0 Å². The Hall–Kier alpha value is -0.960. The van der Waals surface area contributed by atoms with Crippen molar-refractivity contribution < 1.29 is 9.59 Å². The van der Waals surface area contributed by atoms with Gasteiger partial charge in [0.2, 0.25) is 5.78 Å². The molecule has 0 radical (unpaired) electrons. The van der Waals surface area contributed by atoms with Gasteiger partial charge < -0.3 is 0 Å². The number of rotatable bonds is 2. The van der Waals surface area contributed by atoms with Gasteiger partial charge in [0.05, 0.1) is 0 Å². The van der Waals surface area contributed by atoms with Crippen molar-refractivity contribution in [2.24, 2.45) is 0 Å². The van der Waals surface area contributed by atoms with E-state index in [9.17, 15) is 9.59 Å². The smallest absolute Gasteiger partial charge is 0.228 e. The van der Waals surface area contributed by atoms with Crippen LogP contribution in [0.2, 0.25) is 0 Å². The summed E-state index contributed by atoms with van der Waals surface area (Å²) in [6.45, 7) is 3.09. The standard InChI is InChI=1S/C10H9BrO2/c1-6-3-4-8(11)5-9(6)10(13)7(2)12/h3-5H,1-2H3. The molecule has 0 aliphatic rings. The summed E-state index contributed by atoms with van der Waals surface area (Å²) in [5.74, 6) is -0.861. The first-order valence-electron chi connectivity index (χ1n) is 3.84. The Morgan fingerprint density at radius 1 is 1.31 bits per heavy atom. The average Bonchev–Trinajstić information content (AvgIpc) is 2.08. The Morgan fingerprint density at radius 3 is 2.46 bits per heavy atom. The van der Waals surface area contributed by atoms with Crippen molar-refractivity contribution in [1.82, 2.24) is 0 Å². The summed E-state index contributed by atoms with van der Waals surface area (Å²) < 4.78 is 0.808. The van der Waals surface area contributed by atoms with Gasteiger partial charge in [-0.1, -0.05) is 22.0 Å². The van der Waals surface area contributed by atoms with E-state index >= 15 is 0 Å². The second kappa shape index (κ2) is 3.83. The molecular weight excluding hydrogens is 232 g/mol. The van der Waals surface area contributed by atoms with E-state index in [1.54, 1.807) is 12.1 Å². The fourth-order valence-electron chi connectivity index (χ4n) is 1.03. The summed E-state index contributed by atoms with van der Waals surface area (Å²) in [5.41, 5.74) is 1.30. The third-order valence-corrected chi connectivity index (χ3v) is 2.26. The van der Waals surface area contributed by atoms with Gasteiger partial charge in [0.1, 0.15) is 0 Å². The third-order valence-electron chi connectivity index (χ3n) is 1.76. The molecule has 0 aliphatic heterocycles. The monoisotopic (exact) mass is 240 g/mol. The van der Waals surface area contributed by atoms with Gasteiger partial charge >= 0.3 is 0 Å². The summed E-state index contributed by atoms with van der Waals surface area (Å²) in [7, 11) is 0. The first-order chi connectivity index (χ1) is 6.02. The minimum absolute atomic E-state index is 0.429. The molecule has 0 spiro atoms. The maximum atomic E-state index is 11.3. The quantitative estimate of drug-likeness (QED) is 0.589. The summed E-state index contributed by atoms with van der Waals surface area (Å²) in [4.78, 5) is 22.2. The van der Waals surface area contributed by atoms with Crippen molar-refractivity contribution in [2.75, 3.05) is 0 Å². The van der Waals surface area contributed by atoms with Gasteiger partial charge in [0.15, 0.2) is 5.78 Å². The van der Waals surface area contributed by atoms with Gasteiger partial charge in [-0.2, -0.15) is 0 Å². The van der Waals surface area contributed by atoms with Crippen molar-refractivity contribution in [3.05, 3.63) is 33.8 Å². The number of benzene rings is 1. The highest BCUT2D eigenvalue weighted by molar-refractivity contribution is 9.10. The molecule has 0 unspecified atom stereocenters. The topological polar surface area (TPSA) is 34.1 Å². The molecule has 0 heterocycles. The number of Topliss-reactive ketones (excluding diaryl/α,β-unsaturated/α-hetero) is 2. The van der Waals surface area contributed by atoms with Crippen molar-refractivity contribution in [1.29, 1.82) is 0 Å². The fourth-order valence-corrected chi connectivity index (χ4v) is 1.39. The van der Waals surface area contributed by atoms with Crippen LogP contribution < -0.4 is 0 Å². The first kappa shape index (κ1) is 10.1. The number of hydrogen-bond acceptors (Lipinski definition) is 2. The third kappa shape index (κ3) is 2.25. The van der Waals surface area contributed by atoms with Crippen LogP contribution in [-0.2, 0) is 4.79 Å². The molecule has 0 fully saturated rings. The lowest BCUT2D eigenvalue weighted by molar-refractivity contribution is -0.113. The molecule has 2 nitrogen and oxygen atoms in total. The molecule has 0 saturated heterocycles. The van der Waals surface area contributed by atoms with Crippen LogP contribution in [0.1, 0.15) is 22.8 Å². The Balaban J connectivity index is 3.21. The maximum absolute atomic E-state index is 11.3. The lowest BCUT2D eigenvalue weighted by atomic mass is 10.0. The Kier molecular flexibility index (Phi) is 2.98. The van der Waals surface area contributed by atoms with Crippen LogP contribution in [0.15, 0.2) is 22.7 Å². The Labute approximate surface area is 85.1 Å². The van der Waals surface area contributed by atoms with E-state index in [1.807, 2.05) is 13.0 Å². The highest BCUT2D eigenvalue weighted by atomic mass is 79.9. The Bertz CT molecular complexity index is 369. The first-order valence-corrected chi connectivity index (χ1v) is 4.63. The summed E-state index contributed by atoms with van der Waals surface area (Å²) in [5, 5.41) is 0. The molecule has 3 heteroatoms. The predicted octanol–water partition coefficient (Wildman–Crippen LogP) is 2.53. The SMILES string of the molecule is CC(=O)C(=O)c1cc(Br)ccc1C. The van der Waals surface area contributed by atoms with Gasteiger partial charge in [-0.25, -0.2) is 0 Å². The van der Waals surface area contributed by atoms with Crippen molar-refractivity contribution in [3.63, 3.8) is 0 Å². The number of ketones is 2. The predicted molar refractivity (Wildman–Crippen MR) is 53.9 cm³/mol. The van der Waals surface area contributed by atoms with E-state index in [0.717, 1.165) is 10.0 Å². The van der Waals surface area contributed by atoms with Gasteiger partial charge in [-0.3, -0.25) is 9.59 Å². The molecule has 13 heavy (non-hydrogen) atoms. The van der Waals surface area contributed by atoms with Crippen molar-refractivity contribution >= 4 is 27.5 Å². The van der Waals surface area contributed by atoms with Gasteiger partial charge in [-0.15, -0.1) is 0 Å². The van der Waals surface area contributed by atoms with E-state index < -0.39 is 11.6 Å². The number of carbonyl (C=O) groups is 2. The molecule has 0 atom stereocenters. The number of carbonyl (C=O) groups excluding carboxylic acids is 2. The molecule has 0 N–H and O–H groups in total. The normalized spacial score (nSPS) is 9.77. The van der Waals surface area contributed by atoms with Gasteiger partial charge in [0, 0.05) is 17.0 Å². The molecule has 1 rings (SSSR count). The second-order valence-electron chi connectivity index (χ2n) is 2.84. The summed E-state index contributed by atoms with van der Waals surface area (Å²) >= 11 is 3.25. The second-order valence-corrected chi connectivity index (χ2v) is 3.76. The molecule has 1 aromatic rings. The minimum Gasteiger partial charge on any atom is -0.291 e. The highest BCUT2D eigenvalue weighted by Gasteiger charge is 2.13. The molecule has 0 amide bonds. The van der Waals surface area contributed by atoms with E-state index in [-0.39, 0.29) is 0 Å². The molecule has 0 aliphatic carbocycles.